The standard InChI is InChI=1S/C27H30N2O2/c1-4-29(5-2)24-15-16-26(21(3)18-24)28-27(30)17-14-22-12-9-13-25(19-22)31-20-23-10-7-6-8-11-23/h6-19H,4-5,20H2,1-3H3,(H,28,30)/b17-14+. The molecule has 0 spiro atoms. The zero-order valence-corrected chi connectivity index (χ0v) is 18.5. The molecular formula is C27H30N2O2. The van der Waals surface area contributed by atoms with Gasteiger partial charge in [-0.1, -0.05) is 42.5 Å². The Kier molecular flexibility index (Phi) is 7.88. The van der Waals surface area contributed by atoms with Gasteiger partial charge in [0.25, 0.3) is 0 Å². The first-order valence-corrected chi connectivity index (χ1v) is 10.7. The van der Waals surface area contributed by atoms with Crippen LogP contribution in [0.1, 0.15) is 30.5 Å². The van der Waals surface area contributed by atoms with Crippen molar-refractivity contribution in [3.8, 4) is 5.75 Å². The highest BCUT2D eigenvalue weighted by molar-refractivity contribution is 6.02. The Morgan fingerprint density at radius 3 is 2.45 bits per heavy atom. The molecule has 3 aromatic rings. The lowest BCUT2D eigenvalue weighted by molar-refractivity contribution is -0.111. The predicted octanol–water partition coefficient (Wildman–Crippen LogP) is 6.07. The van der Waals surface area contributed by atoms with E-state index in [1.54, 1.807) is 12.2 Å². The molecule has 0 aliphatic carbocycles. The molecule has 160 valence electrons. The number of nitrogens with zero attached hydrogens (tertiary/aromatic N) is 1. The van der Waals surface area contributed by atoms with E-state index >= 15 is 0 Å². The fourth-order valence-electron chi connectivity index (χ4n) is 3.37. The van der Waals surface area contributed by atoms with E-state index in [4.69, 9.17) is 4.74 Å². The van der Waals surface area contributed by atoms with E-state index in [-0.39, 0.29) is 5.91 Å². The van der Waals surface area contributed by atoms with Gasteiger partial charge in [0, 0.05) is 30.5 Å². The molecule has 3 rings (SSSR count). The third-order valence-corrected chi connectivity index (χ3v) is 5.13. The average molecular weight is 415 g/mol. The van der Waals surface area contributed by atoms with Gasteiger partial charge < -0.3 is 15.0 Å². The number of aryl methyl sites for hydroxylation is 1. The number of hydrogen-bond donors (Lipinski definition) is 1. The van der Waals surface area contributed by atoms with Crippen LogP contribution in [0, 0.1) is 6.92 Å². The zero-order chi connectivity index (χ0) is 22.1. The van der Waals surface area contributed by atoms with E-state index in [2.05, 4.69) is 30.1 Å². The number of carbonyl (C=O) groups excluding carboxylic acids is 1. The number of ether oxygens (including phenoxy) is 1. The first-order valence-electron chi connectivity index (χ1n) is 10.7. The van der Waals surface area contributed by atoms with Gasteiger partial charge in [0.15, 0.2) is 0 Å². The maximum absolute atomic E-state index is 12.4. The van der Waals surface area contributed by atoms with Gasteiger partial charge >= 0.3 is 0 Å². The Balaban J connectivity index is 1.60. The number of benzene rings is 3. The number of amides is 1. The van der Waals surface area contributed by atoms with Gasteiger partial charge in [-0.15, -0.1) is 0 Å². The van der Waals surface area contributed by atoms with E-state index in [0.29, 0.717) is 6.61 Å². The summed E-state index contributed by atoms with van der Waals surface area (Å²) in [5, 5.41) is 2.97. The number of carbonyl (C=O) groups is 1. The van der Waals surface area contributed by atoms with Crippen molar-refractivity contribution < 1.29 is 9.53 Å². The normalized spacial score (nSPS) is 10.8. The van der Waals surface area contributed by atoms with Crippen LogP contribution in [0.15, 0.2) is 78.9 Å². The molecular weight excluding hydrogens is 384 g/mol. The molecule has 0 atom stereocenters. The van der Waals surface area contributed by atoms with Crippen molar-refractivity contribution in [2.75, 3.05) is 23.3 Å². The van der Waals surface area contributed by atoms with Crippen LogP contribution in [-0.2, 0) is 11.4 Å². The van der Waals surface area contributed by atoms with Crippen LogP contribution in [0.4, 0.5) is 11.4 Å². The quantitative estimate of drug-likeness (QED) is 0.432. The molecule has 0 aromatic heterocycles. The molecule has 0 bridgehead atoms. The Labute approximate surface area is 185 Å². The van der Waals surface area contributed by atoms with Crippen molar-refractivity contribution >= 4 is 23.4 Å². The van der Waals surface area contributed by atoms with Crippen LogP contribution in [-0.4, -0.2) is 19.0 Å². The van der Waals surface area contributed by atoms with Gasteiger partial charge in [-0.25, -0.2) is 0 Å². The van der Waals surface area contributed by atoms with Crippen LogP contribution in [0.5, 0.6) is 5.75 Å². The summed E-state index contributed by atoms with van der Waals surface area (Å²) in [6.07, 6.45) is 3.35. The summed E-state index contributed by atoms with van der Waals surface area (Å²) in [6, 6.07) is 23.9. The van der Waals surface area contributed by atoms with Gasteiger partial charge in [-0.3, -0.25) is 4.79 Å². The smallest absolute Gasteiger partial charge is 0.248 e. The molecule has 0 radical (unpaired) electrons. The van der Waals surface area contributed by atoms with Gasteiger partial charge in [0.1, 0.15) is 12.4 Å². The number of nitrogens with one attached hydrogen (secondary N) is 1. The van der Waals surface area contributed by atoms with Crippen LogP contribution in [0.3, 0.4) is 0 Å². The maximum atomic E-state index is 12.4. The third-order valence-electron chi connectivity index (χ3n) is 5.13. The lowest BCUT2D eigenvalue weighted by Gasteiger charge is -2.22. The second kappa shape index (κ2) is 11.0. The zero-order valence-electron chi connectivity index (χ0n) is 18.5. The summed E-state index contributed by atoms with van der Waals surface area (Å²) in [5.74, 6) is 0.614. The minimum absolute atomic E-state index is 0.158. The molecule has 0 aliphatic heterocycles. The maximum Gasteiger partial charge on any atom is 0.248 e. The van der Waals surface area contributed by atoms with Crippen molar-refractivity contribution in [1.29, 1.82) is 0 Å². The molecule has 31 heavy (non-hydrogen) atoms. The fraction of sp³-hybridized carbons (Fsp3) is 0.222. The molecule has 1 amide bonds. The van der Waals surface area contributed by atoms with E-state index in [0.717, 1.165) is 41.2 Å². The van der Waals surface area contributed by atoms with Gasteiger partial charge in [0.2, 0.25) is 5.91 Å². The molecule has 0 saturated carbocycles. The van der Waals surface area contributed by atoms with Crippen molar-refractivity contribution in [3.05, 3.63) is 95.6 Å². The molecule has 3 aromatic carbocycles. The van der Waals surface area contributed by atoms with Crippen molar-refractivity contribution in [2.45, 2.75) is 27.4 Å². The van der Waals surface area contributed by atoms with Gasteiger partial charge in [-0.05, 0) is 73.9 Å². The first-order chi connectivity index (χ1) is 15.1. The highest BCUT2D eigenvalue weighted by Gasteiger charge is 2.06. The van der Waals surface area contributed by atoms with Gasteiger partial charge in [-0.2, -0.15) is 0 Å². The van der Waals surface area contributed by atoms with Crippen LogP contribution >= 0.6 is 0 Å². The highest BCUT2D eigenvalue weighted by Crippen LogP contribution is 2.23. The molecule has 0 saturated heterocycles. The van der Waals surface area contributed by atoms with Crippen molar-refractivity contribution in [1.82, 2.24) is 0 Å². The summed E-state index contributed by atoms with van der Waals surface area (Å²) >= 11 is 0. The summed E-state index contributed by atoms with van der Waals surface area (Å²) in [6.45, 7) is 8.72. The molecule has 0 heterocycles. The third kappa shape index (κ3) is 6.48. The summed E-state index contributed by atoms with van der Waals surface area (Å²) < 4.78 is 5.86. The molecule has 0 aliphatic rings. The van der Waals surface area contributed by atoms with E-state index < -0.39 is 0 Å². The predicted molar refractivity (Wildman–Crippen MR) is 130 cm³/mol. The molecule has 0 fully saturated rings. The second-order valence-electron chi connectivity index (χ2n) is 7.34. The Morgan fingerprint density at radius 1 is 0.968 bits per heavy atom. The Bertz CT molecular complexity index is 1020. The summed E-state index contributed by atoms with van der Waals surface area (Å²) in [4.78, 5) is 14.7. The Morgan fingerprint density at radius 2 is 1.74 bits per heavy atom. The molecule has 4 heteroatoms. The number of anilines is 2. The minimum Gasteiger partial charge on any atom is -0.489 e. The van der Waals surface area contributed by atoms with Crippen molar-refractivity contribution in [2.24, 2.45) is 0 Å². The van der Waals surface area contributed by atoms with E-state index in [1.165, 1.54) is 5.69 Å². The SMILES string of the molecule is CCN(CC)c1ccc(NC(=O)/C=C/c2cccc(OCc3ccccc3)c2)c(C)c1. The van der Waals surface area contributed by atoms with Crippen molar-refractivity contribution in [3.63, 3.8) is 0 Å². The first kappa shape index (κ1) is 22.2. The average Bonchev–Trinajstić information content (AvgIpc) is 2.80. The number of rotatable bonds is 9. The molecule has 4 nitrogen and oxygen atoms in total. The molecule has 0 unspecified atom stereocenters. The lowest BCUT2D eigenvalue weighted by atomic mass is 10.1. The van der Waals surface area contributed by atoms with E-state index in [9.17, 15) is 4.79 Å². The van der Waals surface area contributed by atoms with Crippen LogP contribution in [0.25, 0.3) is 6.08 Å². The number of hydrogen-bond acceptors (Lipinski definition) is 3. The molecule has 1 N–H and O–H groups in total. The second-order valence-corrected chi connectivity index (χ2v) is 7.34. The monoisotopic (exact) mass is 414 g/mol. The summed E-state index contributed by atoms with van der Waals surface area (Å²) in [7, 11) is 0. The lowest BCUT2D eigenvalue weighted by Crippen LogP contribution is -2.22. The largest absolute Gasteiger partial charge is 0.489 e. The summed E-state index contributed by atoms with van der Waals surface area (Å²) in [5.41, 5.74) is 5.07. The van der Waals surface area contributed by atoms with Crippen LogP contribution < -0.4 is 15.0 Å². The fourth-order valence-corrected chi connectivity index (χ4v) is 3.37. The van der Waals surface area contributed by atoms with E-state index in [1.807, 2.05) is 73.7 Å². The Hall–Kier alpha value is -3.53. The minimum atomic E-state index is -0.158. The topological polar surface area (TPSA) is 41.6 Å². The van der Waals surface area contributed by atoms with Gasteiger partial charge in [0.05, 0.1) is 0 Å². The van der Waals surface area contributed by atoms with Crippen LogP contribution in [0.2, 0.25) is 0 Å². The highest BCUT2D eigenvalue weighted by atomic mass is 16.5.